The van der Waals surface area contributed by atoms with E-state index in [1.165, 1.54) is 18.2 Å². The number of nitro groups is 1. The van der Waals surface area contributed by atoms with E-state index in [0.717, 1.165) is 18.4 Å². The van der Waals surface area contributed by atoms with Gasteiger partial charge in [0, 0.05) is 35.9 Å². The number of benzene rings is 2. The second-order valence-corrected chi connectivity index (χ2v) is 7.49. The van der Waals surface area contributed by atoms with Crippen LogP contribution in [-0.4, -0.2) is 23.3 Å². The Kier molecular flexibility index (Phi) is 7.75. The van der Waals surface area contributed by atoms with Crippen molar-refractivity contribution in [3.05, 3.63) is 93.4 Å². The molecule has 33 heavy (non-hydrogen) atoms. The fraction of sp³-hybridized carbons (Fsp3) is 0.200. The number of unbranched alkanes of at least 4 members (excludes halogenated alkanes) is 1. The summed E-state index contributed by atoms with van der Waals surface area (Å²) >= 11 is 0. The first-order valence-electron chi connectivity index (χ1n) is 10.6. The number of nitro benzene ring substituents is 1. The zero-order chi connectivity index (χ0) is 23.8. The van der Waals surface area contributed by atoms with Crippen LogP contribution in [-0.2, 0) is 4.79 Å². The lowest BCUT2D eigenvalue weighted by Gasteiger charge is -2.10. The van der Waals surface area contributed by atoms with Gasteiger partial charge in [0.25, 0.3) is 17.5 Å². The van der Waals surface area contributed by atoms with Gasteiger partial charge in [0.15, 0.2) is 0 Å². The molecular formula is C25H25N3O5. The van der Waals surface area contributed by atoms with Crippen LogP contribution in [0.3, 0.4) is 0 Å². The molecule has 0 fully saturated rings. The lowest BCUT2D eigenvalue weighted by molar-refractivity contribution is -0.384. The summed E-state index contributed by atoms with van der Waals surface area (Å²) in [6, 6.07) is 16.3. The number of carbonyl (C=O) groups excluding carboxylic acids is 2. The fourth-order valence-electron chi connectivity index (χ4n) is 3.01. The first-order chi connectivity index (χ1) is 15.9. The van der Waals surface area contributed by atoms with Crippen molar-refractivity contribution in [3.63, 3.8) is 0 Å². The zero-order valence-electron chi connectivity index (χ0n) is 18.5. The average molecular weight is 447 g/mol. The van der Waals surface area contributed by atoms with Gasteiger partial charge in [0.1, 0.15) is 17.2 Å². The molecule has 2 N–H and O–H groups in total. The van der Waals surface area contributed by atoms with E-state index in [0.29, 0.717) is 29.2 Å². The number of rotatable bonds is 9. The fourth-order valence-corrected chi connectivity index (χ4v) is 3.01. The van der Waals surface area contributed by atoms with E-state index in [1.807, 2.05) is 26.0 Å². The van der Waals surface area contributed by atoms with Gasteiger partial charge in [-0.05, 0) is 49.7 Å². The van der Waals surface area contributed by atoms with Crippen LogP contribution in [0.25, 0.3) is 17.4 Å². The predicted octanol–water partition coefficient (Wildman–Crippen LogP) is 4.85. The minimum absolute atomic E-state index is 0.0183. The van der Waals surface area contributed by atoms with Crippen LogP contribution in [0.4, 0.5) is 5.69 Å². The van der Waals surface area contributed by atoms with E-state index in [2.05, 4.69) is 10.6 Å². The molecule has 2 aromatic carbocycles. The number of furan rings is 1. The summed E-state index contributed by atoms with van der Waals surface area (Å²) in [6.07, 6.45) is 3.20. The standard InChI is InChI=1S/C25H25N3O5/c1-3-4-15-26-25(30)22(27-24(29)19-7-5-17(2)6-8-19)16-21-13-14-23(33-21)18-9-11-20(12-10-18)28(31)32/h5-14,16H,3-4,15H2,1-2H3,(H,26,30)(H,27,29)/b22-16-. The molecule has 170 valence electrons. The molecule has 0 aliphatic rings. The van der Waals surface area contributed by atoms with Crippen LogP contribution in [0, 0.1) is 17.0 Å². The number of nitrogens with zero attached hydrogens (tertiary/aromatic N) is 1. The van der Waals surface area contributed by atoms with Crippen LogP contribution < -0.4 is 10.6 Å². The Morgan fingerprint density at radius 3 is 2.36 bits per heavy atom. The van der Waals surface area contributed by atoms with Crippen molar-refractivity contribution in [3.8, 4) is 11.3 Å². The summed E-state index contributed by atoms with van der Waals surface area (Å²) in [5.74, 6) is 0.00573. The highest BCUT2D eigenvalue weighted by molar-refractivity contribution is 6.05. The maximum atomic E-state index is 12.7. The average Bonchev–Trinajstić information content (AvgIpc) is 3.27. The number of aryl methyl sites for hydroxylation is 1. The van der Waals surface area contributed by atoms with Crippen LogP contribution in [0.1, 0.15) is 41.4 Å². The molecule has 2 amide bonds. The predicted molar refractivity (Wildman–Crippen MR) is 125 cm³/mol. The second-order valence-electron chi connectivity index (χ2n) is 7.49. The minimum Gasteiger partial charge on any atom is -0.457 e. The van der Waals surface area contributed by atoms with E-state index in [-0.39, 0.29) is 11.4 Å². The third-order valence-corrected chi connectivity index (χ3v) is 4.90. The lowest BCUT2D eigenvalue weighted by atomic mass is 10.1. The summed E-state index contributed by atoms with van der Waals surface area (Å²) < 4.78 is 5.80. The molecule has 3 aromatic rings. The van der Waals surface area contributed by atoms with Crippen molar-refractivity contribution < 1.29 is 18.9 Å². The van der Waals surface area contributed by atoms with E-state index in [1.54, 1.807) is 36.4 Å². The maximum absolute atomic E-state index is 12.7. The molecule has 0 saturated carbocycles. The first-order valence-corrected chi connectivity index (χ1v) is 10.6. The Morgan fingerprint density at radius 1 is 1.03 bits per heavy atom. The third kappa shape index (κ3) is 6.39. The van der Waals surface area contributed by atoms with E-state index in [4.69, 9.17) is 4.42 Å². The largest absolute Gasteiger partial charge is 0.457 e. The molecular weight excluding hydrogens is 422 g/mol. The second kappa shape index (κ2) is 10.9. The highest BCUT2D eigenvalue weighted by Crippen LogP contribution is 2.25. The van der Waals surface area contributed by atoms with Crippen LogP contribution in [0.5, 0.6) is 0 Å². The number of nitrogens with one attached hydrogen (secondary N) is 2. The van der Waals surface area contributed by atoms with Gasteiger partial charge in [-0.25, -0.2) is 0 Å². The highest BCUT2D eigenvalue weighted by Gasteiger charge is 2.16. The highest BCUT2D eigenvalue weighted by atomic mass is 16.6. The Balaban J connectivity index is 1.84. The third-order valence-electron chi connectivity index (χ3n) is 4.90. The molecule has 0 aliphatic carbocycles. The molecule has 0 aliphatic heterocycles. The van der Waals surface area contributed by atoms with Crippen molar-refractivity contribution in [1.82, 2.24) is 10.6 Å². The molecule has 8 nitrogen and oxygen atoms in total. The minimum atomic E-state index is -0.472. The van der Waals surface area contributed by atoms with Crippen molar-refractivity contribution in [1.29, 1.82) is 0 Å². The molecule has 0 unspecified atom stereocenters. The maximum Gasteiger partial charge on any atom is 0.269 e. The first kappa shape index (κ1) is 23.5. The van der Waals surface area contributed by atoms with Gasteiger partial charge >= 0.3 is 0 Å². The van der Waals surface area contributed by atoms with Crippen molar-refractivity contribution in [2.75, 3.05) is 6.54 Å². The molecule has 0 spiro atoms. The monoisotopic (exact) mass is 447 g/mol. The number of amides is 2. The van der Waals surface area contributed by atoms with E-state index < -0.39 is 16.7 Å². The van der Waals surface area contributed by atoms with Crippen molar-refractivity contribution in [2.45, 2.75) is 26.7 Å². The number of non-ortho nitro benzene ring substituents is 1. The van der Waals surface area contributed by atoms with Gasteiger partial charge < -0.3 is 15.1 Å². The number of hydrogen-bond donors (Lipinski definition) is 2. The van der Waals surface area contributed by atoms with Gasteiger partial charge in [0.05, 0.1) is 4.92 Å². The Bertz CT molecular complexity index is 1160. The molecule has 1 aromatic heterocycles. The molecule has 3 rings (SSSR count). The summed E-state index contributed by atoms with van der Waals surface area (Å²) in [7, 11) is 0. The molecule has 0 radical (unpaired) electrons. The Hall–Kier alpha value is -4.20. The molecule has 0 atom stereocenters. The summed E-state index contributed by atoms with van der Waals surface area (Å²) in [5, 5.41) is 16.3. The number of hydrogen-bond acceptors (Lipinski definition) is 5. The van der Waals surface area contributed by atoms with Crippen LogP contribution >= 0.6 is 0 Å². The summed E-state index contributed by atoms with van der Waals surface area (Å²) in [5.41, 5.74) is 2.14. The smallest absolute Gasteiger partial charge is 0.269 e. The lowest BCUT2D eigenvalue weighted by Crippen LogP contribution is -2.35. The molecule has 0 saturated heterocycles. The molecule has 1 heterocycles. The molecule has 8 heteroatoms. The van der Waals surface area contributed by atoms with Gasteiger partial charge in [-0.2, -0.15) is 0 Å². The van der Waals surface area contributed by atoms with Gasteiger partial charge in [0.2, 0.25) is 0 Å². The Labute approximate surface area is 191 Å². The zero-order valence-corrected chi connectivity index (χ0v) is 18.5. The number of carbonyl (C=O) groups is 2. The Morgan fingerprint density at radius 2 is 1.73 bits per heavy atom. The van der Waals surface area contributed by atoms with Crippen LogP contribution in [0.15, 0.2) is 70.8 Å². The summed E-state index contributed by atoms with van der Waals surface area (Å²) in [4.78, 5) is 35.8. The SMILES string of the molecule is CCCCNC(=O)/C(=C/c1ccc(-c2ccc([N+](=O)[O-])cc2)o1)NC(=O)c1ccc(C)cc1. The van der Waals surface area contributed by atoms with Gasteiger partial charge in [-0.15, -0.1) is 0 Å². The topological polar surface area (TPSA) is 114 Å². The quantitative estimate of drug-likeness (QED) is 0.211. The van der Waals surface area contributed by atoms with E-state index in [9.17, 15) is 19.7 Å². The van der Waals surface area contributed by atoms with Crippen LogP contribution in [0.2, 0.25) is 0 Å². The van der Waals surface area contributed by atoms with E-state index >= 15 is 0 Å². The van der Waals surface area contributed by atoms with Gasteiger partial charge in [-0.3, -0.25) is 19.7 Å². The molecule has 0 bridgehead atoms. The summed E-state index contributed by atoms with van der Waals surface area (Å²) in [6.45, 7) is 4.43. The van der Waals surface area contributed by atoms with Crippen molar-refractivity contribution in [2.24, 2.45) is 0 Å². The van der Waals surface area contributed by atoms with Crippen molar-refractivity contribution >= 4 is 23.6 Å². The van der Waals surface area contributed by atoms with Gasteiger partial charge in [-0.1, -0.05) is 31.0 Å². The normalized spacial score (nSPS) is 11.2.